The van der Waals surface area contributed by atoms with Gasteiger partial charge in [-0.2, -0.15) is 0 Å². The number of nitrogens with zero attached hydrogens (tertiary/aromatic N) is 2. The molecule has 0 aliphatic carbocycles. The van der Waals surface area contributed by atoms with Crippen LogP contribution in [-0.2, 0) is 7.05 Å². The van der Waals surface area contributed by atoms with Crippen LogP contribution in [0.4, 0.5) is 0 Å². The number of rotatable bonds is 2. The van der Waals surface area contributed by atoms with Crippen LogP contribution in [-0.4, -0.2) is 21.5 Å². The molecule has 0 spiro atoms. The first kappa shape index (κ1) is 13.2. The summed E-state index contributed by atoms with van der Waals surface area (Å²) in [5.74, 6) is 1.28. The monoisotopic (exact) mass is 312 g/mol. The van der Waals surface area contributed by atoms with E-state index in [1.807, 2.05) is 35.9 Å². The number of aromatic nitrogens is 2. The van der Waals surface area contributed by atoms with Gasteiger partial charge < -0.3 is 14.0 Å². The van der Waals surface area contributed by atoms with Crippen LogP contribution in [0.1, 0.15) is 10.4 Å². The Morgan fingerprint density at radius 3 is 2.86 bits per heavy atom. The van der Waals surface area contributed by atoms with Gasteiger partial charge in [-0.25, -0.2) is 4.98 Å². The first-order chi connectivity index (χ1) is 10.7. The number of hydrogen-bond donors (Lipinski definition) is 0. The third-order valence-electron chi connectivity index (χ3n) is 3.54. The van der Waals surface area contributed by atoms with Gasteiger partial charge >= 0.3 is 0 Å². The van der Waals surface area contributed by atoms with Crippen molar-refractivity contribution in [1.82, 2.24) is 9.55 Å². The maximum Gasteiger partial charge on any atom is 0.231 e. The molecule has 5 nitrogen and oxygen atoms in total. The number of hydrogen-bond acceptors (Lipinski definition) is 5. The fourth-order valence-corrected chi connectivity index (χ4v) is 3.17. The SMILES string of the molecule is Cn1c(SC(=O)c2ccc3c(c2)OCO3)nc2ccccc21. The van der Waals surface area contributed by atoms with Crippen LogP contribution in [0.2, 0.25) is 0 Å². The standard InChI is InChI=1S/C16H12N2O3S/c1-18-12-5-3-2-4-11(12)17-16(18)22-15(19)10-6-7-13-14(8-10)21-9-20-13/h2-8H,9H2,1H3. The average Bonchev–Trinajstić information content (AvgIpc) is 3.12. The van der Waals surface area contributed by atoms with Gasteiger partial charge in [-0.3, -0.25) is 4.79 Å². The molecule has 1 aliphatic rings. The molecule has 0 bridgehead atoms. The first-order valence-electron chi connectivity index (χ1n) is 6.75. The Balaban J connectivity index is 1.64. The third kappa shape index (κ3) is 2.12. The molecule has 3 aromatic rings. The lowest BCUT2D eigenvalue weighted by Crippen LogP contribution is -1.97. The van der Waals surface area contributed by atoms with Crippen molar-refractivity contribution >= 4 is 27.9 Å². The third-order valence-corrected chi connectivity index (χ3v) is 4.51. The summed E-state index contributed by atoms with van der Waals surface area (Å²) in [7, 11) is 1.91. The van der Waals surface area contributed by atoms with Crippen LogP contribution in [0.3, 0.4) is 0 Å². The van der Waals surface area contributed by atoms with Crippen molar-refractivity contribution in [2.24, 2.45) is 7.05 Å². The van der Waals surface area contributed by atoms with Gasteiger partial charge in [0.15, 0.2) is 16.7 Å². The smallest absolute Gasteiger partial charge is 0.231 e. The molecular formula is C16H12N2O3S. The fraction of sp³-hybridized carbons (Fsp3) is 0.125. The lowest BCUT2D eigenvalue weighted by Gasteiger charge is -2.03. The summed E-state index contributed by atoms with van der Waals surface area (Å²) in [5.41, 5.74) is 2.45. The highest BCUT2D eigenvalue weighted by atomic mass is 32.2. The Morgan fingerprint density at radius 1 is 1.18 bits per heavy atom. The zero-order chi connectivity index (χ0) is 15.1. The van der Waals surface area contributed by atoms with Gasteiger partial charge in [-0.05, 0) is 42.1 Å². The lowest BCUT2D eigenvalue weighted by molar-refractivity contribution is 0.108. The van der Waals surface area contributed by atoms with E-state index in [-0.39, 0.29) is 11.9 Å². The van der Waals surface area contributed by atoms with Crippen molar-refractivity contribution in [1.29, 1.82) is 0 Å². The van der Waals surface area contributed by atoms with Gasteiger partial charge in [0.1, 0.15) is 0 Å². The van der Waals surface area contributed by atoms with E-state index in [4.69, 9.17) is 9.47 Å². The zero-order valence-corrected chi connectivity index (χ0v) is 12.6. The van der Waals surface area contributed by atoms with Crippen LogP contribution in [0, 0.1) is 0 Å². The van der Waals surface area contributed by atoms with Crippen molar-refractivity contribution in [3.8, 4) is 11.5 Å². The molecule has 1 aliphatic heterocycles. The molecule has 0 saturated carbocycles. The minimum absolute atomic E-state index is 0.0725. The normalized spacial score (nSPS) is 12.8. The van der Waals surface area contributed by atoms with E-state index in [1.165, 1.54) is 0 Å². The summed E-state index contributed by atoms with van der Waals surface area (Å²) >= 11 is 1.11. The van der Waals surface area contributed by atoms with Crippen molar-refractivity contribution in [3.63, 3.8) is 0 Å². The molecule has 0 saturated heterocycles. The molecule has 6 heteroatoms. The highest BCUT2D eigenvalue weighted by Crippen LogP contribution is 2.34. The molecule has 4 rings (SSSR count). The summed E-state index contributed by atoms with van der Waals surface area (Å²) in [5, 5.41) is 0.598. The molecule has 2 heterocycles. The molecule has 110 valence electrons. The van der Waals surface area contributed by atoms with Crippen LogP contribution in [0.25, 0.3) is 11.0 Å². The largest absolute Gasteiger partial charge is 0.454 e. The molecule has 2 aromatic carbocycles. The maximum atomic E-state index is 12.5. The number of carbonyl (C=O) groups excluding carboxylic acids is 1. The van der Waals surface area contributed by atoms with E-state index in [9.17, 15) is 4.79 Å². The Labute approximate surface area is 130 Å². The zero-order valence-electron chi connectivity index (χ0n) is 11.8. The second kappa shape index (κ2) is 5.06. The number of para-hydroxylation sites is 2. The second-order valence-electron chi connectivity index (χ2n) is 4.90. The Bertz CT molecular complexity index is 888. The highest BCUT2D eigenvalue weighted by Gasteiger charge is 2.18. The summed E-state index contributed by atoms with van der Waals surface area (Å²) in [6.07, 6.45) is 0. The number of thioether (sulfide) groups is 1. The van der Waals surface area contributed by atoms with Crippen molar-refractivity contribution in [2.45, 2.75) is 5.16 Å². The highest BCUT2D eigenvalue weighted by molar-refractivity contribution is 8.14. The number of carbonyl (C=O) groups is 1. The van der Waals surface area contributed by atoms with Gasteiger partial charge in [-0.1, -0.05) is 12.1 Å². The molecule has 0 atom stereocenters. The van der Waals surface area contributed by atoms with Crippen LogP contribution >= 0.6 is 11.8 Å². The van der Waals surface area contributed by atoms with Gasteiger partial charge in [0.2, 0.25) is 11.9 Å². The summed E-state index contributed by atoms with van der Waals surface area (Å²) in [4.78, 5) is 17.0. The van der Waals surface area contributed by atoms with Gasteiger partial charge in [0.25, 0.3) is 0 Å². The number of ether oxygens (including phenoxy) is 2. The van der Waals surface area contributed by atoms with Crippen molar-refractivity contribution in [2.75, 3.05) is 6.79 Å². The van der Waals surface area contributed by atoms with E-state index < -0.39 is 0 Å². The quantitative estimate of drug-likeness (QED) is 0.680. The predicted octanol–water partition coefficient (Wildman–Crippen LogP) is 3.23. The second-order valence-corrected chi connectivity index (χ2v) is 5.84. The van der Waals surface area contributed by atoms with Crippen LogP contribution in [0.5, 0.6) is 11.5 Å². The average molecular weight is 312 g/mol. The molecule has 0 amide bonds. The van der Waals surface area contributed by atoms with E-state index in [0.717, 1.165) is 22.8 Å². The fourth-order valence-electron chi connectivity index (χ4n) is 2.38. The Hall–Kier alpha value is -2.47. The van der Waals surface area contributed by atoms with Gasteiger partial charge in [-0.15, -0.1) is 0 Å². The summed E-state index contributed by atoms with van der Waals surface area (Å²) in [6.45, 7) is 0.199. The van der Waals surface area contributed by atoms with Crippen LogP contribution < -0.4 is 9.47 Å². The molecular weight excluding hydrogens is 300 g/mol. The van der Waals surface area contributed by atoms with E-state index in [0.29, 0.717) is 22.2 Å². The van der Waals surface area contributed by atoms with E-state index in [2.05, 4.69) is 4.98 Å². The van der Waals surface area contributed by atoms with E-state index >= 15 is 0 Å². The minimum Gasteiger partial charge on any atom is -0.454 e. The summed E-state index contributed by atoms with van der Waals surface area (Å²) in [6, 6.07) is 13.0. The topological polar surface area (TPSA) is 53.4 Å². The maximum absolute atomic E-state index is 12.5. The minimum atomic E-state index is -0.0725. The number of fused-ring (bicyclic) bond motifs is 2. The summed E-state index contributed by atoms with van der Waals surface area (Å²) < 4.78 is 12.5. The van der Waals surface area contributed by atoms with Gasteiger partial charge in [0.05, 0.1) is 11.0 Å². The number of aryl methyl sites for hydroxylation is 1. The van der Waals surface area contributed by atoms with Gasteiger partial charge in [0, 0.05) is 12.6 Å². The number of benzene rings is 2. The molecule has 0 radical (unpaired) electrons. The van der Waals surface area contributed by atoms with Crippen molar-refractivity contribution < 1.29 is 14.3 Å². The Morgan fingerprint density at radius 2 is 2.00 bits per heavy atom. The number of imidazole rings is 1. The molecule has 0 unspecified atom stereocenters. The van der Waals surface area contributed by atoms with Crippen LogP contribution in [0.15, 0.2) is 47.6 Å². The van der Waals surface area contributed by atoms with E-state index in [1.54, 1.807) is 18.2 Å². The molecule has 22 heavy (non-hydrogen) atoms. The molecule has 0 fully saturated rings. The molecule has 0 N–H and O–H groups in total. The predicted molar refractivity (Wildman–Crippen MR) is 83.5 cm³/mol. The Kier molecular flexibility index (Phi) is 3.04. The lowest BCUT2D eigenvalue weighted by atomic mass is 10.2. The van der Waals surface area contributed by atoms with Crippen molar-refractivity contribution in [3.05, 3.63) is 48.0 Å². The first-order valence-corrected chi connectivity index (χ1v) is 7.57. The molecule has 1 aromatic heterocycles.